The minimum atomic E-state index is -0.228. The van der Waals surface area contributed by atoms with Crippen LogP contribution in [-0.2, 0) is 13.0 Å². The number of fused-ring (bicyclic) bond motifs is 1. The predicted octanol–water partition coefficient (Wildman–Crippen LogP) is 3.20. The molecule has 0 atom stereocenters. The molecule has 24 heavy (non-hydrogen) atoms. The lowest BCUT2D eigenvalue weighted by Crippen LogP contribution is -2.38. The third-order valence-electron chi connectivity index (χ3n) is 3.73. The number of benzene rings is 1. The molecule has 3 rings (SSSR count). The molecule has 3 aromatic rings. The third-order valence-corrected chi connectivity index (χ3v) is 3.73. The van der Waals surface area contributed by atoms with Crippen LogP contribution < -0.4 is 10.6 Å². The van der Waals surface area contributed by atoms with Crippen molar-refractivity contribution in [2.24, 2.45) is 4.99 Å². The van der Waals surface area contributed by atoms with Crippen molar-refractivity contribution < 1.29 is 8.81 Å². The van der Waals surface area contributed by atoms with Crippen molar-refractivity contribution in [2.45, 2.75) is 19.9 Å². The number of aromatic amines is 1. The van der Waals surface area contributed by atoms with Crippen molar-refractivity contribution in [1.82, 2.24) is 15.6 Å². The highest BCUT2D eigenvalue weighted by atomic mass is 19.1. The average Bonchev–Trinajstić information content (AvgIpc) is 3.22. The second-order valence-corrected chi connectivity index (χ2v) is 5.46. The van der Waals surface area contributed by atoms with Crippen LogP contribution >= 0.6 is 0 Å². The Labute approximate surface area is 140 Å². The van der Waals surface area contributed by atoms with Gasteiger partial charge in [-0.05, 0) is 49.2 Å². The fraction of sp³-hybridized carbons (Fsp3) is 0.278. The van der Waals surface area contributed by atoms with Gasteiger partial charge in [-0.2, -0.15) is 0 Å². The Balaban J connectivity index is 1.59. The number of hydrogen-bond acceptors (Lipinski definition) is 2. The normalized spacial score (nSPS) is 11.8. The molecular weight excluding hydrogens is 307 g/mol. The van der Waals surface area contributed by atoms with Crippen molar-refractivity contribution in [3.8, 4) is 0 Å². The van der Waals surface area contributed by atoms with E-state index in [-0.39, 0.29) is 5.82 Å². The molecule has 6 heteroatoms. The summed E-state index contributed by atoms with van der Waals surface area (Å²) in [4.78, 5) is 7.60. The van der Waals surface area contributed by atoms with Gasteiger partial charge in [0.2, 0.25) is 0 Å². The van der Waals surface area contributed by atoms with Gasteiger partial charge in [0.05, 0.1) is 6.26 Å². The van der Waals surface area contributed by atoms with Gasteiger partial charge in [-0.3, -0.25) is 0 Å². The highest BCUT2D eigenvalue weighted by Gasteiger charge is 2.05. The minimum absolute atomic E-state index is 0.228. The van der Waals surface area contributed by atoms with E-state index in [0.717, 1.165) is 47.7 Å². The first kappa shape index (κ1) is 16.1. The zero-order valence-corrected chi connectivity index (χ0v) is 13.6. The first-order valence-electron chi connectivity index (χ1n) is 8.06. The van der Waals surface area contributed by atoms with E-state index in [1.807, 2.05) is 31.3 Å². The molecule has 0 aliphatic heterocycles. The minimum Gasteiger partial charge on any atom is -0.467 e. The van der Waals surface area contributed by atoms with Gasteiger partial charge in [0.15, 0.2) is 5.96 Å². The number of guanidine groups is 1. The number of rotatable bonds is 6. The maximum absolute atomic E-state index is 13.2. The lowest BCUT2D eigenvalue weighted by Gasteiger charge is -2.10. The van der Waals surface area contributed by atoms with E-state index in [1.165, 1.54) is 12.1 Å². The second kappa shape index (κ2) is 7.68. The van der Waals surface area contributed by atoms with Crippen LogP contribution in [0.5, 0.6) is 0 Å². The summed E-state index contributed by atoms with van der Waals surface area (Å²) < 4.78 is 18.5. The van der Waals surface area contributed by atoms with Crippen LogP contribution in [0.3, 0.4) is 0 Å². The van der Waals surface area contributed by atoms with Crippen LogP contribution in [0.1, 0.15) is 18.2 Å². The van der Waals surface area contributed by atoms with Crippen LogP contribution in [0.2, 0.25) is 0 Å². The van der Waals surface area contributed by atoms with Crippen LogP contribution in [-0.4, -0.2) is 24.0 Å². The zero-order valence-electron chi connectivity index (χ0n) is 13.6. The quantitative estimate of drug-likeness (QED) is 0.481. The molecule has 0 saturated heterocycles. The molecule has 0 radical (unpaired) electrons. The topological polar surface area (TPSA) is 65.3 Å². The fourth-order valence-corrected chi connectivity index (χ4v) is 2.58. The zero-order chi connectivity index (χ0) is 16.8. The number of aliphatic imine (C=N–C) groups is 1. The number of hydrogen-bond donors (Lipinski definition) is 3. The third kappa shape index (κ3) is 3.95. The van der Waals surface area contributed by atoms with Crippen molar-refractivity contribution in [3.63, 3.8) is 0 Å². The van der Waals surface area contributed by atoms with E-state index in [2.05, 4.69) is 20.6 Å². The summed E-state index contributed by atoms with van der Waals surface area (Å²) in [6.45, 7) is 4.04. The maximum Gasteiger partial charge on any atom is 0.191 e. The molecule has 126 valence electrons. The summed E-state index contributed by atoms with van der Waals surface area (Å²) in [6.07, 6.45) is 4.39. The Morgan fingerprint density at radius 2 is 2.21 bits per heavy atom. The van der Waals surface area contributed by atoms with E-state index in [1.54, 1.807) is 6.26 Å². The highest BCUT2D eigenvalue weighted by molar-refractivity contribution is 5.83. The average molecular weight is 328 g/mol. The van der Waals surface area contributed by atoms with Gasteiger partial charge in [-0.1, -0.05) is 0 Å². The van der Waals surface area contributed by atoms with Crippen LogP contribution in [0, 0.1) is 5.82 Å². The number of furan rings is 1. The number of nitrogens with one attached hydrogen (secondary N) is 3. The number of nitrogens with zero attached hydrogens (tertiary/aromatic N) is 1. The molecule has 0 bridgehead atoms. The first-order chi connectivity index (χ1) is 11.8. The first-order valence-corrected chi connectivity index (χ1v) is 8.06. The molecule has 0 unspecified atom stereocenters. The van der Waals surface area contributed by atoms with Gasteiger partial charge in [0, 0.05) is 30.2 Å². The van der Waals surface area contributed by atoms with E-state index < -0.39 is 0 Å². The lowest BCUT2D eigenvalue weighted by molar-refractivity contribution is 0.512. The van der Waals surface area contributed by atoms with Gasteiger partial charge in [0.1, 0.15) is 18.1 Å². The van der Waals surface area contributed by atoms with Crippen LogP contribution in [0.25, 0.3) is 10.9 Å². The van der Waals surface area contributed by atoms with E-state index in [0.29, 0.717) is 6.54 Å². The predicted molar refractivity (Wildman–Crippen MR) is 93.5 cm³/mol. The summed E-state index contributed by atoms with van der Waals surface area (Å²) in [5.74, 6) is 1.35. The Hall–Kier alpha value is -2.76. The maximum atomic E-state index is 13.2. The monoisotopic (exact) mass is 328 g/mol. The summed E-state index contributed by atoms with van der Waals surface area (Å²) in [6, 6.07) is 8.57. The lowest BCUT2D eigenvalue weighted by atomic mass is 10.1. The van der Waals surface area contributed by atoms with Gasteiger partial charge >= 0.3 is 0 Å². The summed E-state index contributed by atoms with van der Waals surface area (Å²) >= 11 is 0. The Bertz CT molecular complexity index is 808. The molecule has 5 nitrogen and oxygen atoms in total. The van der Waals surface area contributed by atoms with Crippen molar-refractivity contribution in [1.29, 1.82) is 0 Å². The highest BCUT2D eigenvalue weighted by Crippen LogP contribution is 2.19. The molecule has 0 aliphatic carbocycles. The Morgan fingerprint density at radius 1 is 1.29 bits per heavy atom. The molecule has 3 N–H and O–H groups in total. The SMILES string of the molecule is CCNC(=NCc1ccco1)NCCc1c[nH]c2cc(F)ccc12. The molecule has 1 aromatic carbocycles. The fourth-order valence-electron chi connectivity index (χ4n) is 2.58. The molecule has 0 saturated carbocycles. The van der Waals surface area contributed by atoms with Crippen LogP contribution in [0.4, 0.5) is 4.39 Å². The molecule has 0 spiro atoms. The summed E-state index contributed by atoms with van der Waals surface area (Å²) in [5, 5.41) is 7.57. The van der Waals surface area contributed by atoms with Gasteiger partial charge in [-0.25, -0.2) is 9.38 Å². The van der Waals surface area contributed by atoms with Crippen molar-refractivity contribution in [2.75, 3.05) is 13.1 Å². The van der Waals surface area contributed by atoms with Gasteiger partial charge in [0.25, 0.3) is 0 Å². The smallest absolute Gasteiger partial charge is 0.191 e. The van der Waals surface area contributed by atoms with Gasteiger partial charge < -0.3 is 20.0 Å². The van der Waals surface area contributed by atoms with E-state index in [9.17, 15) is 4.39 Å². The number of halogens is 1. The number of H-pyrrole nitrogens is 1. The largest absolute Gasteiger partial charge is 0.467 e. The van der Waals surface area contributed by atoms with Gasteiger partial charge in [-0.15, -0.1) is 0 Å². The molecule has 0 amide bonds. The molecule has 0 aliphatic rings. The molecule has 2 aromatic heterocycles. The van der Waals surface area contributed by atoms with Crippen molar-refractivity contribution >= 4 is 16.9 Å². The Kier molecular flexibility index (Phi) is 5.15. The van der Waals surface area contributed by atoms with E-state index >= 15 is 0 Å². The molecule has 0 fully saturated rings. The number of aromatic nitrogens is 1. The molecule has 2 heterocycles. The second-order valence-electron chi connectivity index (χ2n) is 5.46. The summed E-state index contributed by atoms with van der Waals surface area (Å²) in [5.41, 5.74) is 1.97. The van der Waals surface area contributed by atoms with E-state index in [4.69, 9.17) is 4.42 Å². The van der Waals surface area contributed by atoms with Crippen molar-refractivity contribution in [3.05, 3.63) is 59.9 Å². The summed E-state index contributed by atoms with van der Waals surface area (Å²) in [7, 11) is 0. The standard InChI is InChI=1S/C18H21FN4O/c1-2-20-18(23-12-15-4-3-9-24-15)21-8-7-13-11-22-17-10-14(19)5-6-16(13)17/h3-6,9-11,22H,2,7-8,12H2,1H3,(H2,20,21,23). The Morgan fingerprint density at radius 3 is 3.00 bits per heavy atom. The molecular formula is C18H21FN4O. The van der Waals surface area contributed by atoms with Crippen LogP contribution in [0.15, 0.2) is 52.2 Å².